The third-order valence-corrected chi connectivity index (χ3v) is 3.49. The lowest BCUT2D eigenvalue weighted by Crippen LogP contribution is -2.13. The number of nitrogens with zero attached hydrogens (tertiary/aromatic N) is 1. The first-order valence-corrected chi connectivity index (χ1v) is 7.51. The van der Waals surface area contributed by atoms with Crippen LogP contribution in [-0.4, -0.2) is 13.0 Å². The highest BCUT2D eigenvalue weighted by Gasteiger charge is 2.10. The van der Waals surface area contributed by atoms with Crippen LogP contribution >= 0.6 is 11.6 Å². The number of methoxy groups -OCH3 is 1. The minimum Gasteiger partial charge on any atom is -0.496 e. The highest BCUT2D eigenvalue weighted by atomic mass is 35.5. The van der Waals surface area contributed by atoms with Gasteiger partial charge in [-0.3, -0.25) is 4.79 Å². The van der Waals surface area contributed by atoms with Crippen molar-refractivity contribution in [3.63, 3.8) is 0 Å². The molecule has 120 valence electrons. The standard InChI is InChI=1S/C19H15ClN2O2/c1-24-18-12-5-2-7-14(18)8-6-9-15(13-21)19(23)22-17-11-4-3-10-16(17)20/h2-12H,1H3,(H,22,23)/b8-6+,15-9+. The fraction of sp³-hybridized carbons (Fsp3) is 0.0526. The number of para-hydroxylation sites is 2. The van der Waals surface area contributed by atoms with E-state index in [1.807, 2.05) is 30.3 Å². The Kier molecular flexibility index (Phi) is 6.18. The molecule has 2 rings (SSSR count). The Balaban J connectivity index is 2.14. The molecule has 2 aromatic rings. The van der Waals surface area contributed by atoms with E-state index in [1.54, 1.807) is 43.5 Å². The molecule has 0 heterocycles. The molecular formula is C19H15ClN2O2. The van der Waals surface area contributed by atoms with Gasteiger partial charge in [0, 0.05) is 5.56 Å². The molecule has 0 spiro atoms. The minimum atomic E-state index is -0.518. The van der Waals surface area contributed by atoms with E-state index in [0.717, 1.165) is 5.56 Å². The normalized spacial score (nSPS) is 11.1. The van der Waals surface area contributed by atoms with E-state index < -0.39 is 5.91 Å². The number of anilines is 1. The summed E-state index contributed by atoms with van der Waals surface area (Å²) in [5, 5.41) is 12.2. The third kappa shape index (κ3) is 4.48. The highest BCUT2D eigenvalue weighted by Crippen LogP contribution is 2.21. The van der Waals surface area contributed by atoms with E-state index in [2.05, 4.69) is 5.32 Å². The number of nitrogens with one attached hydrogen (secondary N) is 1. The molecule has 0 bridgehead atoms. The van der Waals surface area contributed by atoms with Crippen molar-refractivity contribution in [2.45, 2.75) is 0 Å². The maximum atomic E-state index is 12.1. The summed E-state index contributed by atoms with van der Waals surface area (Å²) in [4.78, 5) is 12.1. The number of nitriles is 1. The van der Waals surface area contributed by atoms with Crippen molar-refractivity contribution in [1.29, 1.82) is 5.26 Å². The van der Waals surface area contributed by atoms with E-state index >= 15 is 0 Å². The summed E-state index contributed by atoms with van der Waals surface area (Å²) in [5.74, 6) is 0.191. The predicted octanol–water partition coefficient (Wildman–Crippen LogP) is 4.45. The summed E-state index contributed by atoms with van der Waals surface area (Å²) in [6, 6.07) is 16.2. The van der Waals surface area contributed by atoms with Crippen LogP contribution in [0.2, 0.25) is 5.02 Å². The summed E-state index contributed by atoms with van der Waals surface area (Å²) >= 11 is 5.99. The van der Waals surface area contributed by atoms with Crippen LogP contribution in [0.15, 0.2) is 66.3 Å². The molecule has 1 amide bonds. The van der Waals surface area contributed by atoms with Crippen LogP contribution in [0, 0.1) is 11.3 Å². The Hall–Kier alpha value is -3.03. The zero-order valence-corrected chi connectivity index (χ0v) is 13.7. The molecule has 24 heavy (non-hydrogen) atoms. The van der Waals surface area contributed by atoms with Crippen molar-refractivity contribution in [1.82, 2.24) is 0 Å². The lowest BCUT2D eigenvalue weighted by Gasteiger charge is -2.05. The molecule has 5 heteroatoms. The first-order chi connectivity index (χ1) is 11.7. The lowest BCUT2D eigenvalue weighted by molar-refractivity contribution is -0.112. The fourth-order valence-corrected chi connectivity index (χ4v) is 2.15. The maximum Gasteiger partial charge on any atom is 0.266 e. The van der Waals surface area contributed by atoms with Crippen molar-refractivity contribution >= 4 is 29.3 Å². The molecule has 0 aromatic heterocycles. The van der Waals surface area contributed by atoms with Crippen LogP contribution < -0.4 is 10.1 Å². The number of rotatable bonds is 5. The lowest BCUT2D eigenvalue weighted by atomic mass is 10.1. The maximum absolute atomic E-state index is 12.1. The zero-order valence-electron chi connectivity index (χ0n) is 13.0. The van der Waals surface area contributed by atoms with E-state index in [0.29, 0.717) is 16.5 Å². The van der Waals surface area contributed by atoms with Crippen LogP contribution in [0.4, 0.5) is 5.69 Å². The Morgan fingerprint density at radius 3 is 2.62 bits per heavy atom. The van der Waals surface area contributed by atoms with E-state index in [4.69, 9.17) is 16.3 Å². The molecule has 4 nitrogen and oxygen atoms in total. The highest BCUT2D eigenvalue weighted by molar-refractivity contribution is 6.33. The Morgan fingerprint density at radius 2 is 1.92 bits per heavy atom. The van der Waals surface area contributed by atoms with Crippen molar-refractivity contribution in [2.24, 2.45) is 0 Å². The topological polar surface area (TPSA) is 62.1 Å². The minimum absolute atomic E-state index is 0.0268. The van der Waals surface area contributed by atoms with Gasteiger partial charge in [-0.25, -0.2) is 0 Å². The fourth-order valence-electron chi connectivity index (χ4n) is 1.97. The van der Waals surface area contributed by atoms with Gasteiger partial charge in [0.15, 0.2) is 0 Å². The first kappa shape index (κ1) is 17.3. The second kappa shape index (κ2) is 8.56. The van der Waals surface area contributed by atoms with Gasteiger partial charge in [0.2, 0.25) is 0 Å². The van der Waals surface area contributed by atoms with Gasteiger partial charge in [-0.2, -0.15) is 5.26 Å². The Labute approximate surface area is 145 Å². The molecule has 0 radical (unpaired) electrons. The van der Waals surface area contributed by atoms with Crippen molar-refractivity contribution in [3.05, 3.63) is 76.8 Å². The molecule has 0 aliphatic carbocycles. The van der Waals surface area contributed by atoms with Gasteiger partial charge in [-0.15, -0.1) is 0 Å². The van der Waals surface area contributed by atoms with Gasteiger partial charge in [-0.05, 0) is 24.3 Å². The zero-order chi connectivity index (χ0) is 17.4. The molecule has 0 saturated carbocycles. The molecule has 0 atom stereocenters. The molecule has 0 fully saturated rings. The number of benzene rings is 2. The third-order valence-electron chi connectivity index (χ3n) is 3.16. The summed E-state index contributed by atoms with van der Waals surface area (Å²) in [6.45, 7) is 0. The number of ether oxygens (including phenoxy) is 1. The number of hydrogen-bond acceptors (Lipinski definition) is 3. The molecule has 0 saturated heterocycles. The molecule has 0 aliphatic heterocycles. The Bertz CT molecular complexity index is 835. The van der Waals surface area contributed by atoms with Gasteiger partial charge < -0.3 is 10.1 Å². The quantitative estimate of drug-likeness (QED) is 0.497. The van der Waals surface area contributed by atoms with Crippen molar-refractivity contribution < 1.29 is 9.53 Å². The van der Waals surface area contributed by atoms with Gasteiger partial charge in [0.25, 0.3) is 5.91 Å². The van der Waals surface area contributed by atoms with Crippen LogP contribution in [0.5, 0.6) is 5.75 Å². The van der Waals surface area contributed by atoms with Crippen molar-refractivity contribution in [3.8, 4) is 11.8 Å². The second-order valence-electron chi connectivity index (χ2n) is 4.73. The summed E-state index contributed by atoms with van der Waals surface area (Å²) < 4.78 is 5.24. The largest absolute Gasteiger partial charge is 0.496 e. The van der Waals surface area contributed by atoms with Gasteiger partial charge >= 0.3 is 0 Å². The predicted molar refractivity (Wildman–Crippen MR) is 95.8 cm³/mol. The Morgan fingerprint density at radius 1 is 1.21 bits per heavy atom. The average Bonchev–Trinajstić information content (AvgIpc) is 2.61. The molecule has 1 N–H and O–H groups in total. The molecular weight excluding hydrogens is 324 g/mol. The summed E-state index contributed by atoms with van der Waals surface area (Å²) in [6.07, 6.45) is 4.83. The molecule has 0 unspecified atom stereocenters. The number of hydrogen-bond donors (Lipinski definition) is 1. The smallest absolute Gasteiger partial charge is 0.266 e. The second-order valence-corrected chi connectivity index (χ2v) is 5.13. The average molecular weight is 339 g/mol. The van der Waals surface area contributed by atoms with Crippen LogP contribution in [0.1, 0.15) is 5.56 Å². The van der Waals surface area contributed by atoms with E-state index in [-0.39, 0.29) is 5.57 Å². The van der Waals surface area contributed by atoms with Crippen molar-refractivity contribution in [2.75, 3.05) is 12.4 Å². The van der Waals surface area contributed by atoms with Gasteiger partial charge in [-0.1, -0.05) is 54.1 Å². The van der Waals surface area contributed by atoms with Crippen LogP contribution in [0.25, 0.3) is 6.08 Å². The van der Waals surface area contributed by atoms with Crippen LogP contribution in [-0.2, 0) is 4.79 Å². The first-order valence-electron chi connectivity index (χ1n) is 7.13. The summed E-state index contributed by atoms with van der Waals surface area (Å²) in [7, 11) is 1.58. The van der Waals surface area contributed by atoms with E-state index in [9.17, 15) is 10.1 Å². The summed E-state index contributed by atoms with van der Waals surface area (Å²) in [5.41, 5.74) is 1.28. The number of halogens is 1. The van der Waals surface area contributed by atoms with Crippen LogP contribution in [0.3, 0.4) is 0 Å². The SMILES string of the molecule is COc1ccccc1/C=C/C=C(\C#N)C(=O)Nc1ccccc1Cl. The number of carbonyl (C=O) groups excluding carboxylic acids is 1. The monoisotopic (exact) mass is 338 g/mol. The number of allylic oxidation sites excluding steroid dienone is 2. The van der Waals surface area contributed by atoms with E-state index in [1.165, 1.54) is 6.08 Å². The van der Waals surface area contributed by atoms with Gasteiger partial charge in [0.1, 0.15) is 17.4 Å². The number of amides is 1. The molecule has 0 aliphatic rings. The molecule has 2 aromatic carbocycles. The van der Waals surface area contributed by atoms with Gasteiger partial charge in [0.05, 0.1) is 17.8 Å². The number of carbonyl (C=O) groups is 1.